The standard InChI is InChI=1S/C19H25N5O/c1-4-20-17-13-15(3)21-19(22-17)24-10-8-23(9-11-24)18(25)16-7-5-6-14(2)12-16/h5-7,12-13H,4,8-11H2,1-3H3,(H,20,21,22). The number of nitrogens with zero attached hydrogens (tertiary/aromatic N) is 4. The van der Waals surface area contributed by atoms with Crippen LogP contribution in [0.15, 0.2) is 30.3 Å². The Balaban J connectivity index is 1.66. The van der Waals surface area contributed by atoms with Crippen LogP contribution < -0.4 is 10.2 Å². The number of hydrogen-bond acceptors (Lipinski definition) is 5. The highest BCUT2D eigenvalue weighted by atomic mass is 16.2. The highest BCUT2D eigenvalue weighted by Gasteiger charge is 2.23. The van der Waals surface area contributed by atoms with Crippen molar-refractivity contribution in [1.82, 2.24) is 14.9 Å². The normalized spacial score (nSPS) is 14.5. The van der Waals surface area contributed by atoms with Gasteiger partial charge in [0.25, 0.3) is 5.91 Å². The third-order valence-corrected chi connectivity index (χ3v) is 4.32. The van der Waals surface area contributed by atoms with Crippen LogP contribution in [0.5, 0.6) is 0 Å². The molecule has 1 aromatic carbocycles. The van der Waals surface area contributed by atoms with Crippen LogP contribution in [0.25, 0.3) is 0 Å². The van der Waals surface area contributed by atoms with Crippen LogP contribution >= 0.6 is 0 Å². The lowest BCUT2D eigenvalue weighted by molar-refractivity contribution is 0.0746. The first-order chi connectivity index (χ1) is 12.1. The molecule has 0 unspecified atom stereocenters. The van der Waals surface area contributed by atoms with Gasteiger partial charge in [0.2, 0.25) is 5.95 Å². The summed E-state index contributed by atoms with van der Waals surface area (Å²) in [5, 5.41) is 3.24. The number of piperazine rings is 1. The summed E-state index contributed by atoms with van der Waals surface area (Å²) in [5.41, 5.74) is 2.81. The summed E-state index contributed by atoms with van der Waals surface area (Å²) in [6.45, 7) is 9.71. The monoisotopic (exact) mass is 339 g/mol. The Kier molecular flexibility index (Phi) is 5.16. The Labute approximate surface area is 148 Å². The van der Waals surface area contributed by atoms with Crippen molar-refractivity contribution in [3.8, 4) is 0 Å². The molecule has 1 aromatic heterocycles. The van der Waals surface area contributed by atoms with Crippen LogP contribution in [0.1, 0.15) is 28.5 Å². The third kappa shape index (κ3) is 4.07. The Bertz CT molecular complexity index is 753. The van der Waals surface area contributed by atoms with Gasteiger partial charge in [-0.2, -0.15) is 4.98 Å². The summed E-state index contributed by atoms with van der Waals surface area (Å²) in [7, 11) is 0. The van der Waals surface area contributed by atoms with Crippen molar-refractivity contribution in [3.05, 3.63) is 47.2 Å². The van der Waals surface area contributed by atoms with Crippen molar-refractivity contribution < 1.29 is 4.79 Å². The predicted octanol–water partition coefficient (Wildman–Crippen LogP) is 2.49. The fourth-order valence-corrected chi connectivity index (χ4v) is 3.04. The van der Waals surface area contributed by atoms with E-state index in [9.17, 15) is 4.79 Å². The molecule has 25 heavy (non-hydrogen) atoms. The zero-order valence-electron chi connectivity index (χ0n) is 15.1. The van der Waals surface area contributed by atoms with E-state index >= 15 is 0 Å². The third-order valence-electron chi connectivity index (χ3n) is 4.32. The van der Waals surface area contributed by atoms with Gasteiger partial charge in [-0.15, -0.1) is 0 Å². The zero-order valence-corrected chi connectivity index (χ0v) is 15.1. The second kappa shape index (κ2) is 7.51. The van der Waals surface area contributed by atoms with Gasteiger partial charge < -0.3 is 15.1 Å². The zero-order chi connectivity index (χ0) is 17.8. The van der Waals surface area contributed by atoms with E-state index in [2.05, 4.69) is 20.2 Å². The van der Waals surface area contributed by atoms with Crippen molar-refractivity contribution in [1.29, 1.82) is 0 Å². The van der Waals surface area contributed by atoms with E-state index in [-0.39, 0.29) is 5.91 Å². The van der Waals surface area contributed by atoms with Crippen LogP contribution in [-0.4, -0.2) is 53.5 Å². The fraction of sp³-hybridized carbons (Fsp3) is 0.421. The number of aromatic nitrogens is 2. The van der Waals surface area contributed by atoms with Crippen LogP contribution in [-0.2, 0) is 0 Å². The number of anilines is 2. The molecule has 0 aliphatic carbocycles. The van der Waals surface area contributed by atoms with Crippen molar-refractivity contribution in [2.24, 2.45) is 0 Å². The van der Waals surface area contributed by atoms with E-state index < -0.39 is 0 Å². The minimum absolute atomic E-state index is 0.0989. The van der Waals surface area contributed by atoms with E-state index in [0.29, 0.717) is 13.1 Å². The lowest BCUT2D eigenvalue weighted by atomic mass is 10.1. The molecule has 2 aromatic rings. The second-order valence-corrected chi connectivity index (χ2v) is 6.37. The number of rotatable bonds is 4. The summed E-state index contributed by atoms with van der Waals surface area (Å²) in [6, 6.07) is 9.72. The molecule has 1 aliphatic rings. The first-order valence-corrected chi connectivity index (χ1v) is 8.77. The molecule has 132 valence electrons. The van der Waals surface area contributed by atoms with E-state index in [4.69, 9.17) is 0 Å². The van der Waals surface area contributed by atoms with Crippen molar-refractivity contribution >= 4 is 17.7 Å². The van der Waals surface area contributed by atoms with Gasteiger partial charge in [-0.25, -0.2) is 4.98 Å². The molecule has 1 saturated heterocycles. The molecule has 6 nitrogen and oxygen atoms in total. The molecule has 2 heterocycles. The summed E-state index contributed by atoms with van der Waals surface area (Å²) < 4.78 is 0. The SMILES string of the molecule is CCNc1cc(C)nc(N2CCN(C(=O)c3cccc(C)c3)CC2)n1. The summed E-state index contributed by atoms with van der Waals surface area (Å²) in [6.07, 6.45) is 0. The van der Waals surface area contributed by atoms with Gasteiger partial charge in [0.05, 0.1) is 0 Å². The van der Waals surface area contributed by atoms with Crippen LogP contribution in [0.2, 0.25) is 0 Å². The molecule has 0 saturated carbocycles. The number of nitrogens with one attached hydrogen (secondary N) is 1. The van der Waals surface area contributed by atoms with Gasteiger partial charge >= 0.3 is 0 Å². The first kappa shape index (κ1) is 17.2. The van der Waals surface area contributed by atoms with Gasteiger partial charge in [-0.3, -0.25) is 4.79 Å². The Morgan fingerprint density at radius 2 is 1.88 bits per heavy atom. The molecule has 1 amide bonds. The largest absolute Gasteiger partial charge is 0.370 e. The number of carbonyl (C=O) groups is 1. The lowest BCUT2D eigenvalue weighted by Gasteiger charge is -2.35. The topological polar surface area (TPSA) is 61.4 Å². The van der Waals surface area contributed by atoms with Gasteiger partial charge in [0, 0.05) is 50.0 Å². The molecule has 1 N–H and O–H groups in total. The molecule has 0 radical (unpaired) electrons. The van der Waals surface area contributed by atoms with E-state index in [1.54, 1.807) is 0 Å². The smallest absolute Gasteiger partial charge is 0.253 e. The van der Waals surface area contributed by atoms with Gasteiger partial charge in [0.15, 0.2) is 0 Å². The van der Waals surface area contributed by atoms with E-state index in [1.165, 1.54) is 0 Å². The summed E-state index contributed by atoms with van der Waals surface area (Å²) in [5.74, 6) is 1.68. The predicted molar refractivity (Wildman–Crippen MR) is 100 cm³/mol. The average molecular weight is 339 g/mol. The number of amides is 1. The number of carbonyl (C=O) groups excluding carboxylic acids is 1. The molecule has 6 heteroatoms. The van der Waals surface area contributed by atoms with Gasteiger partial charge in [0.1, 0.15) is 5.82 Å². The van der Waals surface area contributed by atoms with Crippen LogP contribution in [0, 0.1) is 13.8 Å². The highest BCUT2D eigenvalue weighted by molar-refractivity contribution is 5.94. The molecular formula is C19H25N5O. The molecule has 3 rings (SSSR count). The number of aryl methyl sites for hydroxylation is 2. The first-order valence-electron chi connectivity index (χ1n) is 8.77. The van der Waals surface area contributed by atoms with Crippen molar-refractivity contribution in [2.75, 3.05) is 42.9 Å². The van der Waals surface area contributed by atoms with Gasteiger partial charge in [-0.05, 0) is 32.9 Å². The van der Waals surface area contributed by atoms with Crippen molar-refractivity contribution in [3.63, 3.8) is 0 Å². The minimum Gasteiger partial charge on any atom is -0.370 e. The molecule has 1 aliphatic heterocycles. The molecule has 0 bridgehead atoms. The van der Waals surface area contributed by atoms with Gasteiger partial charge in [-0.1, -0.05) is 17.7 Å². The maximum atomic E-state index is 12.7. The quantitative estimate of drug-likeness (QED) is 0.927. The molecule has 1 fully saturated rings. The molecule has 0 atom stereocenters. The number of benzene rings is 1. The van der Waals surface area contributed by atoms with Crippen molar-refractivity contribution in [2.45, 2.75) is 20.8 Å². The maximum Gasteiger partial charge on any atom is 0.253 e. The fourth-order valence-electron chi connectivity index (χ4n) is 3.04. The molecule has 0 spiro atoms. The Morgan fingerprint density at radius 1 is 1.12 bits per heavy atom. The van der Waals surface area contributed by atoms with Crippen LogP contribution in [0.3, 0.4) is 0 Å². The lowest BCUT2D eigenvalue weighted by Crippen LogP contribution is -2.49. The summed E-state index contributed by atoms with van der Waals surface area (Å²) >= 11 is 0. The molecular weight excluding hydrogens is 314 g/mol. The maximum absolute atomic E-state index is 12.7. The van der Waals surface area contributed by atoms with E-state index in [0.717, 1.165) is 48.2 Å². The minimum atomic E-state index is 0.0989. The summed E-state index contributed by atoms with van der Waals surface area (Å²) in [4.78, 5) is 25.8. The van der Waals surface area contributed by atoms with E-state index in [1.807, 2.05) is 56.0 Å². The number of hydrogen-bond donors (Lipinski definition) is 1. The Hall–Kier alpha value is -2.63. The highest BCUT2D eigenvalue weighted by Crippen LogP contribution is 2.17. The average Bonchev–Trinajstić information content (AvgIpc) is 2.61. The van der Waals surface area contributed by atoms with Crippen LogP contribution in [0.4, 0.5) is 11.8 Å². The Morgan fingerprint density at radius 3 is 2.56 bits per heavy atom. The second-order valence-electron chi connectivity index (χ2n) is 6.37.